The highest BCUT2D eigenvalue weighted by Gasteiger charge is 2.34. The van der Waals surface area contributed by atoms with Crippen LogP contribution in [0.25, 0.3) is 65.8 Å². The number of ketones is 1. The van der Waals surface area contributed by atoms with Crippen LogP contribution in [-0.4, -0.2) is 173 Å². The van der Waals surface area contributed by atoms with Crippen molar-refractivity contribution in [3.8, 4) is 58.9 Å². The van der Waals surface area contributed by atoms with E-state index in [1.54, 1.807) is 57.7 Å². The largest absolute Gasteiger partial charge is 0.484 e. The Kier molecular flexibility index (Phi) is 21.4. The van der Waals surface area contributed by atoms with Gasteiger partial charge in [0.15, 0.2) is 13.2 Å². The maximum Gasteiger partial charge on any atom is 0.326 e. The minimum Gasteiger partial charge on any atom is -0.484 e. The molecule has 0 saturated carbocycles. The molecule has 7 aliphatic rings. The standard InChI is InChI=1S/C25H28FN7O3S.C25H22FN7O3.C24H20FN7O3.CH4/c1-28-19-9-14(26)8-18-21-23-30-15(10-27)12-35-7-3-2-4-16(34)13-37-20-6-5-17(11-29-20)36-25(32-23)33-24(21)31-22(18)19;1-28-19-7-15(26)6-18-21-23(30-22(18)19)31-25-32-24(21)33-3-2-13(11-33)10-29-20(34)12-35-16-4-14(9-27)5-17(8-16)36-25;1-27-18-5-14(25)4-17-20-22(29-21(17)18)30-24-31-23(20)32-9-13(10-32)8-28-19(33)11-34-15-2-12(7-26)3-16(6-15)35-24;/h5-6,8-9,11,15,28H,2-4,7,10,12-13,27H2,1H3,(H2,30,31,32,33);4-8,13,28H,2-3,10-12H2,1H3,(H,29,34)(H,30,31,32);2-6,13,27H,8-11H2,1H3,(H,28,33)(H,29,30,31);1H4/t15-;13-;;/m11../s1. The fourth-order valence-corrected chi connectivity index (χ4v) is 14.2. The molecular formula is C75H74F3N21O9S. The quantitative estimate of drug-likeness (QED) is 0.0782. The van der Waals surface area contributed by atoms with Crippen LogP contribution in [0.2, 0.25) is 0 Å². The van der Waals surface area contributed by atoms with Gasteiger partial charge in [-0.15, -0.1) is 0 Å². The summed E-state index contributed by atoms with van der Waals surface area (Å²) in [6.07, 6.45) is 4.45. The van der Waals surface area contributed by atoms with Crippen LogP contribution in [0, 0.1) is 51.9 Å². The number of nitrogens with two attached hydrogens (primary N) is 1. The zero-order valence-electron chi connectivity index (χ0n) is 58.4. The summed E-state index contributed by atoms with van der Waals surface area (Å²) in [4.78, 5) is 82.9. The van der Waals surface area contributed by atoms with E-state index in [0.29, 0.717) is 205 Å². The molecule has 109 heavy (non-hydrogen) atoms. The van der Waals surface area contributed by atoms with Gasteiger partial charge < -0.3 is 90.8 Å². The Morgan fingerprint density at radius 3 is 1.61 bits per heavy atom. The molecule has 12 aromatic rings. The Hall–Kier alpha value is -12.7. The smallest absolute Gasteiger partial charge is 0.326 e. The number of rotatable bonds is 4. The number of carbonyl (C=O) groups is 3. The Labute approximate surface area is 624 Å². The number of benzene rings is 5. The number of hydrogen-bond acceptors (Lipinski definition) is 26. The number of thioether (sulfide) groups is 1. The molecule has 0 unspecified atom stereocenters. The normalized spacial score (nSPS) is 16.8. The number of ether oxygens (including phenoxy) is 6. The van der Waals surface area contributed by atoms with Gasteiger partial charge in [0.05, 0.1) is 103 Å². The molecule has 560 valence electrons. The first-order valence-electron chi connectivity index (χ1n) is 34.7. The van der Waals surface area contributed by atoms with Gasteiger partial charge in [0.1, 0.15) is 86.4 Å². The summed E-state index contributed by atoms with van der Waals surface area (Å²) in [5, 5.41) is 41.7. The van der Waals surface area contributed by atoms with E-state index in [-0.39, 0.29) is 98.1 Å². The Bertz CT molecular complexity index is 5590. The molecule has 14 heterocycles. The zero-order valence-corrected chi connectivity index (χ0v) is 59.2. The molecule has 2 fully saturated rings. The molecule has 0 aliphatic carbocycles. The molecule has 19 rings (SSSR count). The van der Waals surface area contributed by atoms with Crippen molar-refractivity contribution in [3.63, 3.8) is 0 Å². The van der Waals surface area contributed by atoms with Gasteiger partial charge in [-0.05, 0) is 98.0 Å². The van der Waals surface area contributed by atoms with Crippen molar-refractivity contribution in [3.05, 3.63) is 120 Å². The summed E-state index contributed by atoms with van der Waals surface area (Å²) in [5.74, 6) is 2.66. The minimum atomic E-state index is -0.386. The number of amides is 2. The third-order valence-electron chi connectivity index (χ3n) is 18.7. The van der Waals surface area contributed by atoms with E-state index >= 15 is 0 Å². The lowest BCUT2D eigenvalue weighted by Crippen LogP contribution is -2.52. The lowest BCUT2D eigenvalue weighted by atomic mass is 9.99. The monoisotopic (exact) mass is 1500 g/mol. The van der Waals surface area contributed by atoms with Gasteiger partial charge >= 0.3 is 18.0 Å². The summed E-state index contributed by atoms with van der Waals surface area (Å²) in [7, 11) is 5.18. The Balaban J connectivity index is 0.000000136. The predicted molar refractivity (Wildman–Crippen MR) is 406 cm³/mol. The van der Waals surface area contributed by atoms with Gasteiger partial charge in [0.25, 0.3) is 11.8 Å². The molecule has 7 aromatic heterocycles. The van der Waals surface area contributed by atoms with E-state index in [0.717, 1.165) is 24.3 Å². The molecule has 2 saturated heterocycles. The second-order valence-electron chi connectivity index (χ2n) is 26.2. The first-order valence-corrected chi connectivity index (χ1v) is 35.7. The molecule has 2 amide bonds. The molecule has 5 aromatic carbocycles. The second-order valence-corrected chi connectivity index (χ2v) is 27.2. The van der Waals surface area contributed by atoms with Crippen LogP contribution in [0.5, 0.6) is 46.8 Å². The average molecular weight is 1500 g/mol. The number of nitrogens with one attached hydrogen (secondary N) is 9. The number of pyridine rings is 1. The van der Waals surface area contributed by atoms with Crippen molar-refractivity contribution in [1.29, 1.82) is 10.5 Å². The van der Waals surface area contributed by atoms with Gasteiger partial charge in [-0.25, -0.2) is 18.2 Å². The van der Waals surface area contributed by atoms with Crippen molar-refractivity contribution in [2.75, 3.05) is 130 Å². The van der Waals surface area contributed by atoms with Gasteiger partial charge in [0, 0.05) is 114 Å². The molecule has 0 spiro atoms. The number of H-pyrrole nitrogens is 3. The first kappa shape index (κ1) is 73.2. The number of hydrogen-bond donors (Lipinski definition) is 10. The first-order chi connectivity index (χ1) is 52.5. The van der Waals surface area contributed by atoms with Crippen LogP contribution in [-0.2, 0) is 19.1 Å². The fraction of sp³-hybridized carbons (Fsp3) is 0.307. The van der Waals surface area contributed by atoms with Crippen LogP contribution >= 0.6 is 11.8 Å². The Morgan fingerprint density at radius 1 is 0.596 bits per heavy atom. The maximum atomic E-state index is 14.5. The van der Waals surface area contributed by atoms with E-state index < -0.39 is 0 Å². The molecule has 16 bridgehead atoms. The highest BCUT2D eigenvalue weighted by molar-refractivity contribution is 7.99. The van der Waals surface area contributed by atoms with Crippen LogP contribution in [0.4, 0.5) is 47.7 Å². The molecule has 7 aliphatic heterocycles. The van der Waals surface area contributed by atoms with Crippen LogP contribution in [0.15, 0.2) is 96.2 Å². The van der Waals surface area contributed by atoms with Gasteiger partial charge in [0.2, 0.25) is 0 Å². The van der Waals surface area contributed by atoms with Crippen LogP contribution < -0.4 is 71.1 Å². The van der Waals surface area contributed by atoms with E-state index in [1.807, 2.05) is 0 Å². The number of nitriles is 2. The average Bonchev–Trinajstić information content (AvgIpc) is 1.60. The van der Waals surface area contributed by atoms with E-state index in [1.165, 1.54) is 66.4 Å². The fourth-order valence-electron chi connectivity index (χ4n) is 13.5. The molecule has 11 N–H and O–H groups in total. The van der Waals surface area contributed by atoms with Crippen molar-refractivity contribution < 1.29 is 56.0 Å². The van der Waals surface area contributed by atoms with Gasteiger partial charge in [-0.1, -0.05) is 19.2 Å². The highest BCUT2D eigenvalue weighted by atomic mass is 32.2. The molecule has 2 atom stereocenters. The van der Waals surface area contributed by atoms with E-state index in [9.17, 15) is 38.1 Å². The zero-order chi connectivity index (χ0) is 74.7. The van der Waals surface area contributed by atoms with E-state index in [2.05, 4.69) is 98.7 Å². The molecule has 30 nitrogen and oxygen atoms in total. The molecule has 34 heteroatoms. The number of aromatic amines is 3. The SMILES string of the molecule is C.CNc1cc(F)cc2c1[nH]c1nc3nc(c12)N1CC(CNC(=O)COc2cc(C#N)cc(c2)O3)C1.CNc1cc(F)cc2c1[nH]c1nc3nc(c12)N1CC[C@H](CNC(=O)COc2cc(C#N)cc(c2)O3)C1.CNc1cc(F)cc2c1[nH]c1nc3nc(c12)N[C@H](CN)COCCCCC(=O)CSc1ccc(cn1)O3. The van der Waals surface area contributed by atoms with Crippen LogP contribution in [0.1, 0.15) is 44.2 Å². The number of nitrogens with zero attached hydrogens (tertiary/aromatic N) is 11. The summed E-state index contributed by atoms with van der Waals surface area (Å²) >= 11 is 1.39. The van der Waals surface area contributed by atoms with Gasteiger partial charge in [-0.3, -0.25) is 14.4 Å². The van der Waals surface area contributed by atoms with Crippen molar-refractivity contribution in [2.45, 2.75) is 44.2 Å². The Morgan fingerprint density at radius 2 is 1.09 bits per heavy atom. The van der Waals surface area contributed by atoms with Crippen molar-refractivity contribution >= 4 is 130 Å². The summed E-state index contributed by atoms with van der Waals surface area (Å²) in [6.45, 7) is 4.42. The topological polar surface area (TPSA) is 396 Å². The van der Waals surface area contributed by atoms with Crippen LogP contribution in [0.3, 0.4) is 0 Å². The van der Waals surface area contributed by atoms with Crippen molar-refractivity contribution in [2.24, 2.45) is 17.6 Å². The number of Topliss-reactive ketones (excluding diaryl/α,β-unsaturated/α-hetero) is 1. The lowest BCUT2D eigenvalue weighted by molar-refractivity contribution is -0.124. The predicted octanol–water partition coefficient (Wildman–Crippen LogP) is 10.9. The second kappa shape index (κ2) is 31.8. The number of anilines is 6. The number of fused-ring (bicyclic) bond motifs is 33. The maximum absolute atomic E-state index is 14.5. The van der Waals surface area contributed by atoms with Crippen molar-refractivity contribution in [1.82, 2.24) is 60.5 Å². The molecule has 0 radical (unpaired) electrons. The third-order valence-corrected chi connectivity index (χ3v) is 19.7. The minimum absolute atomic E-state index is 0. The lowest BCUT2D eigenvalue weighted by Gasteiger charge is -2.40. The van der Waals surface area contributed by atoms with Gasteiger partial charge in [-0.2, -0.15) is 40.4 Å². The highest BCUT2D eigenvalue weighted by Crippen LogP contribution is 2.43. The number of aromatic nitrogens is 10. The number of halogens is 3. The summed E-state index contributed by atoms with van der Waals surface area (Å²) in [6, 6.07) is 25.6. The molecular weight excluding hydrogens is 1430 g/mol. The van der Waals surface area contributed by atoms with E-state index in [4.69, 9.17) is 39.1 Å². The summed E-state index contributed by atoms with van der Waals surface area (Å²) < 4.78 is 78.3. The number of carbonyl (C=O) groups excluding carboxylic acids is 3. The third kappa shape index (κ3) is 15.9. The summed E-state index contributed by atoms with van der Waals surface area (Å²) in [5.41, 5.74) is 12.0.